The van der Waals surface area contributed by atoms with Gasteiger partial charge >= 0.3 is 0 Å². The molecular formula is C12H20N2O4S2. The zero-order valence-electron chi connectivity index (χ0n) is 11.8. The van der Waals surface area contributed by atoms with E-state index in [0.717, 1.165) is 17.4 Å². The van der Waals surface area contributed by atoms with Gasteiger partial charge in [-0.25, -0.2) is 21.6 Å². The van der Waals surface area contributed by atoms with Crippen molar-refractivity contribution in [1.29, 1.82) is 0 Å². The lowest BCUT2D eigenvalue weighted by Crippen LogP contribution is -2.37. The van der Waals surface area contributed by atoms with Crippen molar-refractivity contribution in [3.63, 3.8) is 0 Å². The van der Waals surface area contributed by atoms with E-state index in [1.807, 2.05) is 0 Å². The van der Waals surface area contributed by atoms with Crippen molar-refractivity contribution >= 4 is 19.9 Å². The van der Waals surface area contributed by atoms with Gasteiger partial charge in [0.05, 0.1) is 10.6 Å². The van der Waals surface area contributed by atoms with Gasteiger partial charge in [-0.15, -0.1) is 0 Å². The number of benzene rings is 1. The van der Waals surface area contributed by atoms with Gasteiger partial charge in [0.1, 0.15) is 9.84 Å². The summed E-state index contributed by atoms with van der Waals surface area (Å²) in [6, 6.07) is 3.96. The fourth-order valence-corrected chi connectivity index (χ4v) is 4.31. The first-order valence-electron chi connectivity index (χ1n) is 6.05. The molecule has 3 N–H and O–H groups in total. The molecule has 0 saturated carbocycles. The van der Waals surface area contributed by atoms with Crippen molar-refractivity contribution in [3.05, 3.63) is 29.3 Å². The van der Waals surface area contributed by atoms with Crippen LogP contribution < -0.4 is 10.5 Å². The fourth-order valence-electron chi connectivity index (χ4n) is 1.89. The maximum absolute atomic E-state index is 12.1. The molecule has 0 saturated heterocycles. The molecule has 1 rings (SSSR count). The second-order valence-electron chi connectivity index (χ2n) is 4.91. The second-order valence-corrected chi connectivity index (χ2v) is 8.81. The van der Waals surface area contributed by atoms with E-state index in [1.54, 1.807) is 13.0 Å². The standard InChI is InChI=1S/C12H20N2O4S2/c1-9-6-12(5-4-11(9)7-13)20(17,18)14-10(2)8-19(3,15)16/h4-6,10,14H,7-8,13H2,1-3H3. The molecule has 0 heterocycles. The van der Waals surface area contributed by atoms with Crippen LogP contribution in [0.1, 0.15) is 18.1 Å². The second kappa shape index (κ2) is 6.21. The Morgan fingerprint density at radius 3 is 2.30 bits per heavy atom. The molecule has 0 amide bonds. The molecule has 20 heavy (non-hydrogen) atoms. The summed E-state index contributed by atoms with van der Waals surface area (Å²) in [5.41, 5.74) is 7.18. The monoisotopic (exact) mass is 320 g/mol. The van der Waals surface area contributed by atoms with Gasteiger partial charge in [-0.2, -0.15) is 0 Å². The minimum absolute atomic E-state index is 0.104. The van der Waals surface area contributed by atoms with Gasteiger partial charge < -0.3 is 5.73 Å². The predicted octanol–water partition coefficient (Wildman–Crippen LogP) is 0.165. The summed E-state index contributed by atoms with van der Waals surface area (Å²) in [5, 5.41) is 0. The highest BCUT2D eigenvalue weighted by Crippen LogP contribution is 2.15. The lowest BCUT2D eigenvalue weighted by atomic mass is 10.1. The molecule has 0 radical (unpaired) electrons. The molecule has 0 aliphatic heterocycles. The van der Waals surface area contributed by atoms with E-state index in [0.29, 0.717) is 6.54 Å². The Labute approximate surface area is 120 Å². The molecule has 1 unspecified atom stereocenters. The van der Waals surface area contributed by atoms with Crippen molar-refractivity contribution in [1.82, 2.24) is 4.72 Å². The number of sulfone groups is 1. The Balaban J connectivity index is 2.97. The number of hydrogen-bond acceptors (Lipinski definition) is 5. The summed E-state index contributed by atoms with van der Waals surface area (Å²) in [6.07, 6.45) is 1.07. The summed E-state index contributed by atoms with van der Waals surface area (Å²) in [5.74, 6) is -0.244. The van der Waals surface area contributed by atoms with Crippen LogP contribution >= 0.6 is 0 Å². The van der Waals surface area contributed by atoms with Gasteiger partial charge in [0, 0.05) is 18.8 Å². The van der Waals surface area contributed by atoms with Gasteiger partial charge in [-0.1, -0.05) is 6.07 Å². The van der Waals surface area contributed by atoms with Gasteiger partial charge in [0.2, 0.25) is 10.0 Å². The molecule has 0 bridgehead atoms. The molecule has 0 aliphatic carbocycles. The Morgan fingerprint density at radius 2 is 1.85 bits per heavy atom. The van der Waals surface area contributed by atoms with Crippen LogP contribution in [0.4, 0.5) is 0 Å². The van der Waals surface area contributed by atoms with Crippen molar-refractivity contribution in [2.75, 3.05) is 12.0 Å². The number of sulfonamides is 1. The van der Waals surface area contributed by atoms with Gasteiger partial charge in [0.15, 0.2) is 0 Å². The normalized spacial score (nSPS) is 14.2. The van der Waals surface area contributed by atoms with Crippen molar-refractivity contribution in [2.24, 2.45) is 5.73 Å². The number of aryl methyl sites for hydroxylation is 1. The molecule has 6 nitrogen and oxygen atoms in total. The SMILES string of the molecule is Cc1cc(S(=O)(=O)NC(C)CS(C)(=O)=O)ccc1CN. The Bertz CT molecular complexity index is 681. The third kappa shape index (κ3) is 4.86. The number of nitrogens with one attached hydrogen (secondary N) is 1. The molecule has 0 fully saturated rings. The van der Waals surface area contributed by atoms with Gasteiger partial charge in [-0.05, 0) is 37.1 Å². The van der Waals surface area contributed by atoms with Crippen molar-refractivity contribution in [3.8, 4) is 0 Å². The molecule has 0 aromatic heterocycles. The Hall–Kier alpha value is -0.960. The first-order chi connectivity index (χ1) is 9.05. The minimum Gasteiger partial charge on any atom is -0.326 e. The highest BCUT2D eigenvalue weighted by atomic mass is 32.2. The third-order valence-electron chi connectivity index (χ3n) is 2.75. The molecular weight excluding hydrogens is 300 g/mol. The van der Waals surface area contributed by atoms with Crippen LogP contribution in [0.3, 0.4) is 0 Å². The molecule has 0 spiro atoms. The van der Waals surface area contributed by atoms with E-state index in [1.165, 1.54) is 19.1 Å². The summed E-state index contributed by atoms with van der Waals surface area (Å²) in [7, 11) is -6.97. The quantitative estimate of drug-likeness (QED) is 0.777. The smallest absolute Gasteiger partial charge is 0.240 e. The number of hydrogen-bond donors (Lipinski definition) is 2. The van der Waals surface area contributed by atoms with Crippen LogP contribution in [-0.2, 0) is 26.4 Å². The topological polar surface area (TPSA) is 106 Å². The average Bonchev–Trinajstić information content (AvgIpc) is 2.25. The third-order valence-corrected chi connectivity index (χ3v) is 5.45. The number of nitrogens with two attached hydrogens (primary N) is 1. The van der Waals surface area contributed by atoms with Crippen LogP contribution in [0.5, 0.6) is 0 Å². The van der Waals surface area contributed by atoms with Crippen LogP contribution in [0.2, 0.25) is 0 Å². The molecule has 1 atom stereocenters. The lowest BCUT2D eigenvalue weighted by Gasteiger charge is -2.14. The molecule has 0 aliphatic rings. The van der Waals surface area contributed by atoms with Crippen LogP contribution in [0.15, 0.2) is 23.1 Å². The van der Waals surface area contributed by atoms with E-state index < -0.39 is 25.9 Å². The maximum atomic E-state index is 12.1. The average molecular weight is 320 g/mol. The zero-order valence-corrected chi connectivity index (χ0v) is 13.4. The number of rotatable bonds is 6. The first-order valence-corrected chi connectivity index (χ1v) is 9.59. The van der Waals surface area contributed by atoms with E-state index in [4.69, 9.17) is 5.73 Å². The molecule has 8 heteroatoms. The summed E-state index contributed by atoms with van der Waals surface area (Å²) >= 11 is 0. The van der Waals surface area contributed by atoms with Gasteiger partial charge in [-0.3, -0.25) is 0 Å². The molecule has 1 aromatic rings. The Morgan fingerprint density at radius 1 is 1.25 bits per heavy atom. The van der Waals surface area contributed by atoms with E-state index >= 15 is 0 Å². The maximum Gasteiger partial charge on any atom is 0.240 e. The van der Waals surface area contributed by atoms with Gasteiger partial charge in [0.25, 0.3) is 0 Å². The van der Waals surface area contributed by atoms with E-state index in [-0.39, 0.29) is 10.6 Å². The highest BCUT2D eigenvalue weighted by molar-refractivity contribution is 7.91. The zero-order chi connectivity index (χ0) is 15.6. The molecule has 114 valence electrons. The summed E-state index contributed by atoms with van der Waals surface area (Å²) < 4.78 is 48.9. The molecule has 1 aromatic carbocycles. The minimum atomic E-state index is -3.73. The van der Waals surface area contributed by atoms with Crippen LogP contribution in [-0.4, -0.2) is 34.9 Å². The van der Waals surface area contributed by atoms with E-state index in [9.17, 15) is 16.8 Å². The fraction of sp³-hybridized carbons (Fsp3) is 0.500. The summed E-state index contributed by atoms with van der Waals surface area (Å²) in [6.45, 7) is 3.63. The summed E-state index contributed by atoms with van der Waals surface area (Å²) in [4.78, 5) is 0.104. The van der Waals surface area contributed by atoms with Crippen LogP contribution in [0, 0.1) is 6.92 Å². The highest BCUT2D eigenvalue weighted by Gasteiger charge is 2.20. The predicted molar refractivity (Wildman–Crippen MR) is 78.6 cm³/mol. The van der Waals surface area contributed by atoms with Crippen molar-refractivity contribution in [2.45, 2.75) is 31.3 Å². The lowest BCUT2D eigenvalue weighted by molar-refractivity contribution is 0.564. The first kappa shape index (κ1) is 17.1. The van der Waals surface area contributed by atoms with E-state index in [2.05, 4.69) is 4.72 Å². The van der Waals surface area contributed by atoms with Crippen LogP contribution in [0.25, 0.3) is 0 Å². The van der Waals surface area contributed by atoms with Crippen molar-refractivity contribution < 1.29 is 16.8 Å². The largest absolute Gasteiger partial charge is 0.326 e. The Kier molecular flexibility index (Phi) is 5.31.